The summed E-state index contributed by atoms with van der Waals surface area (Å²) in [5.74, 6) is -2.10. The predicted octanol–water partition coefficient (Wildman–Crippen LogP) is 2.89. The smallest absolute Gasteiger partial charge is 0.249 e. The fourth-order valence-electron chi connectivity index (χ4n) is 4.96. The molecule has 2 aliphatic rings. The first-order valence-corrected chi connectivity index (χ1v) is 10.7. The largest absolute Gasteiger partial charge is 0.343 e. The molecule has 8 nitrogen and oxygen atoms in total. The summed E-state index contributed by atoms with van der Waals surface area (Å²) in [6.45, 7) is 4.10. The number of para-hydroxylation sites is 1. The normalized spacial score (nSPS) is 20.8. The third-order valence-electron chi connectivity index (χ3n) is 6.53. The maximum absolute atomic E-state index is 12.8. The molecule has 0 saturated heterocycles. The molecule has 2 amide bonds. The van der Waals surface area contributed by atoms with Gasteiger partial charge in [0, 0.05) is 41.0 Å². The third-order valence-corrected chi connectivity index (χ3v) is 6.53. The number of fused-ring (bicyclic) bond motifs is 1. The molecule has 0 aliphatic carbocycles. The van der Waals surface area contributed by atoms with Crippen molar-refractivity contribution in [2.45, 2.75) is 26.3 Å². The van der Waals surface area contributed by atoms with Crippen molar-refractivity contribution in [1.29, 1.82) is 5.26 Å². The van der Waals surface area contributed by atoms with Crippen LogP contribution in [0.4, 0.5) is 0 Å². The number of rotatable bonds is 5. The number of carbonyl (C=O) groups excluding carboxylic acids is 2. The van der Waals surface area contributed by atoms with Crippen molar-refractivity contribution in [2.75, 3.05) is 0 Å². The van der Waals surface area contributed by atoms with Crippen molar-refractivity contribution in [3.05, 3.63) is 71.4 Å². The van der Waals surface area contributed by atoms with Gasteiger partial charge in [-0.2, -0.15) is 15.5 Å². The van der Waals surface area contributed by atoms with Gasteiger partial charge in [0.15, 0.2) is 0 Å². The molecule has 8 heteroatoms. The maximum atomic E-state index is 12.8. The second-order valence-corrected chi connectivity index (χ2v) is 8.44. The Morgan fingerprint density at radius 3 is 2.18 bits per heavy atom. The molecule has 2 aliphatic heterocycles. The summed E-state index contributed by atoms with van der Waals surface area (Å²) in [5, 5.41) is 18.8. The van der Waals surface area contributed by atoms with E-state index in [9.17, 15) is 14.9 Å². The van der Waals surface area contributed by atoms with E-state index in [1.165, 1.54) is 0 Å². The molecule has 2 atom stereocenters. The molecule has 0 fully saturated rings. The zero-order chi connectivity index (χ0) is 23.1. The Morgan fingerprint density at radius 2 is 1.58 bits per heavy atom. The quantitative estimate of drug-likeness (QED) is 0.639. The van der Waals surface area contributed by atoms with Crippen LogP contribution in [0.15, 0.2) is 64.9 Å². The summed E-state index contributed by atoms with van der Waals surface area (Å²) in [7, 11) is 0. The summed E-state index contributed by atoms with van der Waals surface area (Å²) >= 11 is 0. The highest BCUT2D eigenvalue weighted by Gasteiger charge is 2.46. The van der Waals surface area contributed by atoms with Crippen LogP contribution in [0, 0.1) is 23.2 Å². The molecule has 0 saturated carbocycles. The maximum Gasteiger partial charge on any atom is 0.249 e. The molecule has 2 unspecified atom stereocenters. The van der Waals surface area contributed by atoms with Gasteiger partial charge in [0.25, 0.3) is 0 Å². The number of carbonyl (C=O) groups is 2. The van der Waals surface area contributed by atoms with Crippen molar-refractivity contribution >= 4 is 34.1 Å². The van der Waals surface area contributed by atoms with Crippen molar-refractivity contribution in [2.24, 2.45) is 22.0 Å². The first-order valence-electron chi connectivity index (χ1n) is 10.7. The minimum absolute atomic E-state index is 0.225. The highest BCUT2D eigenvalue weighted by molar-refractivity contribution is 6.13. The number of benzene rings is 2. The van der Waals surface area contributed by atoms with Gasteiger partial charge in [-0.1, -0.05) is 36.4 Å². The van der Waals surface area contributed by atoms with Gasteiger partial charge < -0.3 is 4.57 Å². The first-order chi connectivity index (χ1) is 16.0. The van der Waals surface area contributed by atoms with E-state index in [0.717, 1.165) is 22.0 Å². The lowest BCUT2D eigenvalue weighted by Gasteiger charge is -2.26. The number of hydrogen-bond acceptors (Lipinski definition) is 5. The summed E-state index contributed by atoms with van der Waals surface area (Å²) in [4.78, 5) is 25.7. The van der Waals surface area contributed by atoms with E-state index in [0.29, 0.717) is 23.5 Å². The molecule has 164 valence electrons. The average molecular weight is 438 g/mol. The van der Waals surface area contributed by atoms with Crippen LogP contribution >= 0.6 is 0 Å². The van der Waals surface area contributed by atoms with E-state index in [-0.39, 0.29) is 11.8 Å². The van der Waals surface area contributed by atoms with E-state index in [1.807, 2.05) is 48.7 Å². The second kappa shape index (κ2) is 8.02. The summed E-state index contributed by atoms with van der Waals surface area (Å²) in [5.41, 5.74) is 9.78. The van der Waals surface area contributed by atoms with Gasteiger partial charge >= 0.3 is 0 Å². The van der Waals surface area contributed by atoms with E-state index in [4.69, 9.17) is 0 Å². The monoisotopic (exact) mass is 438 g/mol. The zero-order valence-corrected chi connectivity index (χ0v) is 18.2. The minimum atomic E-state index is -0.588. The molecule has 2 aromatic carbocycles. The van der Waals surface area contributed by atoms with Crippen molar-refractivity contribution in [1.82, 2.24) is 15.4 Å². The van der Waals surface area contributed by atoms with Crippen LogP contribution in [0.3, 0.4) is 0 Å². The zero-order valence-electron chi connectivity index (χ0n) is 18.2. The molecule has 5 rings (SSSR count). The minimum Gasteiger partial charge on any atom is -0.343 e. The highest BCUT2D eigenvalue weighted by atomic mass is 16.2. The molecular formula is C25H22N6O2. The van der Waals surface area contributed by atoms with Gasteiger partial charge in [0.05, 0.1) is 23.5 Å². The van der Waals surface area contributed by atoms with Crippen LogP contribution in [-0.4, -0.2) is 27.8 Å². The van der Waals surface area contributed by atoms with Crippen molar-refractivity contribution in [3.8, 4) is 6.07 Å². The van der Waals surface area contributed by atoms with E-state index >= 15 is 0 Å². The molecule has 0 spiro atoms. The fourth-order valence-corrected chi connectivity index (χ4v) is 4.96. The van der Waals surface area contributed by atoms with Gasteiger partial charge in [-0.15, -0.1) is 0 Å². The topological polar surface area (TPSA) is 112 Å². The van der Waals surface area contributed by atoms with Crippen molar-refractivity contribution in [3.63, 3.8) is 0 Å². The number of hydrazone groups is 2. The number of aromatic nitrogens is 1. The molecule has 3 heterocycles. The number of nitrogens with zero attached hydrogens (tertiary/aromatic N) is 4. The average Bonchev–Trinajstić information content (AvgIpc) is 3.47. The van der Waals surface area contributed by atoms with Crippen LogP contribution in [0.1, 0.15) is 36.5 Å². The Morgan fingerprint density at radius 1 is 0.970 bits per heavy atom. The Hall–Kier alpha value is -4.25. The first kappa shape index (κ1) is 20.6. The number of amides is 2. The SMILES string of the molecule is CC1=NNC(=O)C1C(c1cn(Cc2ccccc2C#N)c2ccccc12)C1C(=O)NN=C1C. The number of hydrogen-bond donors (Lipinski definition) is 2. The molecular weight excluding hydrogens is 416 g/mol. The summed E-state index contributed by atoms with van der Waals surface area (Å²) in [6.07, 6.45) is 2.00. The Balaban J connectivity index is 1.69. The van der Waals surface area contributed by atoms with E-state index in [2.05, 4.69) is 31.7 Å². The number of nitriles is 1. The van der Waals surface area contributed by atoms with Gasteiger partial charge in [0.1, 0.15) is 0 Å². The summed E-state index contributed by atoms with van der Waals surface area (Å²) in [6, 6.07) is 17.7. The molecule has 33 heavy (non-hydrogen) atoms. The van der Waals surface area contributed by atoms with Crippen LogP contribution in [0.2, 0.25) is 0 Å². The van der Waals surface area contributed by atoms with E-state index in [1.54, 1.807) is 19.9 Å². The Kier molecular flexibility index (Phi) is 5.02. The molecule has 0 radical (unpaired) electrons. The van der Waals surface area contributed by atoms with Crippen LogP contribution in [-0.2, 0) is 16.1 Å². The standard InChI is InChI=1S/C25H22N6O2/c1-14-21(24(32)29-27-14)23(22-15(2)28-30-25(22)33)19-13-31(20-10-6-5-9-18(19)20)12-17-8-4-3-7-16(17)11-26/h3-10,13,21-23H,12H2,1-2H3,(H,29,32)(H,30,33). The van der Waals surface area contributed by atoms with Gasteiger partial charge in [-0.05, 0) is 37.1 Å². The lowest BCUT2D eigenvalue weighted by molar-refractivity contribution is -0.124. The van der Waals surface area contributed by atoms with Crippen LogP contribution in [0.5, 0.6) is 0 Å². The molecule has 2 N–H and O–H groups in total. The lowest BCUT2D eigenvalue weighted by Crippen LogP contribution is -2.38. The van der Waals surface area contributed by atoms with Crippen molar-refractivity contribution < 1.29 is 9.59 Å². The fraction of sp³-hybridized carbons (Fsp3) is 0.240. The van der Waals surface area contributed by atoms with Crippen LogP contribution in [0.25, 0.3) is 10.9 Å². The van der Waals surface area contributed by atoms with Gasteiger partial charge in [-0.25, -0.2) is 10.9 Å². The molecule has 1 aromatic heterocycles. The lowest BCUT2D eigenvalue weighted by atomic mass is 9.73. The Labute approximate surface area is 190 Å². The summed E-state index contributed by atoms with van der Waals surface area (Å²) < 4.78 is 2.08. The highest BCUT2D eigenvalue weighted by Crippen LogP contribution is 2.41. The predicted molar refractivity (Wildman–Crippen MR) is 124 cm³/mol. The third kappa shape index (κ3) is 3.38. The van der Waals surface area contributed by atoms with Gasteiger partial charge in [-0.3, -0.25) is 9.59 Å². The molecule has 3 aromatic rings. The second-order valence-electron chi connectivity index (χ2n) is 8.44. The number of nitrogens with one attached hydrogen (secondary N) is 2. The van der Waals surface area contributed by atoms with Gasteiger partial charge in [0.2, 0.25) is 11.8 Å². The Bertz CT molecular complexity index is 1360. The van der Waals surface area contributed by atoms with E-state index < -0.39 is 17.8 Å². The van der Waals surface area contributed by atoms with Crippen LogP contribution < -0.4 is 10.9 Å². The molecule has 0 bridgehead atoms.